The van der Waals surface area contributed by atoms with Gasteiger partial charge >= 0.3 is 7.60 Å². The van der Waals surface area contributed by atoms with Gasteiger partial charge in [-0.05, 0) is 33.1 Å². The Morgan fingerprint density at radius 1 is 1.35 bits per heavy atom. The van der Waals surface area contributed by atoms with Crippen molar-refractivity contribution >= 4 is 13.4 Å². The first-order chi connectivity index (χ1) is 7.96. The zero-order valence-corrected chi connectivity index (χ0v) is 11.2. The van der Waals surface area contributed by atoms with Crippen LogP contribution in [0.15, 0.2) is 0 Å². The molecular formula is C11H19O5P. The van der Waals surface area contributed by atoms with E-state index in [0.717, 1.165) is 6.42 Å². The van der Waals surface area contributed by atoms with Gasteiger partial charge in [-0.15, -0.1) is 0 Å². The molecule has 0 aromatic heterocycles. The first-order valence-electron chi connectivity index (χ1n) is 6.10. The van der Waals surface area contributed by atoms with E-state index in [0.29, 0.717) is 19.4 Å². The highest BCUT2D eigenvalue weighted by atomic mass is 31.2. The van der Waals surface area contributed by atoms with Crippen LogP contribution in [0.3, 0.4) is 0 Å². The van der Waals surface area contributed by atoms with Crippen molar-refractivity contribution in [3.05, 3.63) is 0 Å². The second-order valence-corrected chi connectivity index (χ2v) is 6.74. The second-order valence-electron chi connectivity index (χ2n) is 4.68. The monoisotopic (exact) mass is 262 g/mol. The van der Waals surface area contributed by atoms with Crippen molar-refractivity contribution in [2.45, 2.75) is 50.3 Å². The molecule has 17 heavy (non-hydrogen) atoms. The van der Waals surface area contributed by atoms with Crippen molar-refractivity contribution < 1.29 is 23.5 Å². The lowest BCUT2D eigenvalue weighted by Gasteiger charge is -2.53. The summed E-state index contributed by atoms with van der Waals surface area (Å²) < 4.78 is 23.0. The summed E-state index contributed by atoms with van der Waals surface area (Å²) in [6, 6.07) is 0. The number of hydrogen-bond acceptors (Lipinski definition) is 4. The quantitative estimate of drug-likeness (QED) is 0.766. The maximum absolute atomic E-state index is 12.3. The van der Waals surface area contributed by atoms with E-state index in [1.165, 1.54) is 0 Å². The Bertz CT molecular complexity index is 382. The van der Waals surface area contributed by atoms with Crippen molar-refractivity contribution in [2.75, 3.05) is 13.2 Å². The zero-order chi connectivity index (χ0) is 12.7. The summed E-state index contributed by atoms with van der Waals surface area (Å²) in [6.07, 6.45) is 2.06. The minimum Gasteiger partial charge on any atom is -0.373 e. The normalized spacial score (nSPS) is 39.6. The molecule has 0 aliphatic heterocycles. The smallest absolute Gasteiger partial charge is 0.344 e. The molecule has 0 bridgehead atoms. The van der Waals surface area contributed by atoms with E-state index in [-0.39, 0.29) is 18.8 Å². The van der Waals surface area contributed by atoms with Gasteiger partial charge in [-0.1, -0.05) is 0 Å². The van der Waals surface area contributed by atoms with Crippen molar-refractivity contribution in [3.8, 4) is 0 Å². The average Bonchev–Trinajstić information content (AvgIpc) is 2.52. The van der Waals surface area contributed by atoms with Crippen LogP contribution in [-0.4, -0.2) is 34.6 Å². The molecule has 6 heteroatoms. The van der Waals surface area contributed by atoms with E-state index in [1.54, 1.807) is 6.92 Å². The van der Waals surface area contributed by atoms with Crippen LogP contribution < -0.4 is 0 Å². The third-order valence-electron chi connectivity index (χ3n) is 3.99. The Morgan fingerprint density at radius 2 is 2.06 bits per heavy atom. The van der Waals surface area contributed by atoms with Gasteiger partial charge in [0.2, 0.25) is 0 Å². The lowest BCUT2D eigenvalue weighted by Crippen LogP contribution is -2.67. The Kier molecular flexibility index (Phi) is 3.24. The minimum atomic E-state index is -3.95. The highest BCUT2D eigenvalue weighted by molar-refractivity contribution is 7.56. The Labute approximate surface area is 101 Å². The summed E-state index contributed by atoms with van der Waals surface area (Å²) in [5.74, 6) is -0.178. The highest BCUT2D eigenvalue weighted by Crippen LogP contribution is 2.73. The summed E-state index contributed by atoms with van der Waals surface area (Å²) in [7, 11) is -3.95. The van der Waals surface area contributed by atoms with Crippen LogP contribution in [0.25, 0.3) is 0 Å². The number of Topliss-reactive ketones (excluding diaryl/α,β-unsaturated/α-hetero) is 1. The standard InChI is InChI=1S/C11H19O5P/c1-3-15-10-6-5-7-11(10,9(12)8-10)17(13,14)16-4-2/h3-8H2,1-2H3,(H,13,14). The number of fused-ring (bicyclic) bond motifs is 1. The van der Waals surface area contributed by atoms with Gasteiger partial charge in [-0.2, -0.15) is 0 Å². The number of ether oxygens (including phenoxy) is 1. The summed E-state index contributed by atoms with van der Waals surface area (Å²) in [6.45, 7) is 4.07. The van der Waals surface area contributed by atoms with E-state index >= 15 is 0 Å². The molecule has 0 radical (unpaired) electrons. The molecule has 5 nitrogen and oxygen atoms in total. The predicted octanol–water partition coefficient (Wildman–Crippen LogP) is 1.88. The number of ketones is 1. The average molecular weight is 262 g/mol. The first-order valence-corrected chi connectivity index (χ1v) is 7.68. The number of rotatable bonds is 5. The number of carbonyl (C=O) groups excluding carboxylic acids is 1. The van der Waals surface area contributed by atoms with E-state index in [9.17, 15) is 14.3 Å². The SMILES string of the molecule is CCOC12CCCC1(P(=O)(O)OCC)C(=O)C2. The second kappa shape index (κ2) is 4.16. The van der Waals surface area contributed by atoms with Crippen molar-refractivity contribution in [2.24, 2.45) is 0 Å². The van der Waals surface area contributed by atoms with Crippen LogP contribution in [0.1, 0.15) is 39.5 Å². The van der Waals surface area contributed by atoms with Crippen LogP contribution >= 0.6 is 7.60 Å². The lowest BCUT2D eigenvalue weighted by atomic mass is 9.69. The van der Waals surface area contributed by atoms with Crippen LogP contribution in [-0.2, 0) is 18.6 Å². The molecule has 1 N–H and O–H groups in total. The summed E-state index contributed by atoms with van der Waals surface area (Å²) in [5.41, 5.74) is -0.752. The molecule has 3 atom stereocenters. The van der Waals surface area contributed by atoms with Crippen molar-refractivity contribution in [3.63, 3.8) is 0 Å². The summed E-state index contributed by atoms with van der Waals surface area (Å²) in [5, 5.41) is -1.29. The van der Waals surface area contributed by atoms with Gasteiger partial charge in [0.15, 0.2) is 10.9 Å². The van der Waals surface area contributed by atoms with Crippen molar-refractivity contribution in [1.29, 1.82) is 0 Å². The molecular weight excluding hydrogens is 243 g/mol. The predicted molar refractivity (Wildman–Crippen MR) is 62.0 cm³/mol. The van der Waals surface area contributed by atoms with Gasteiger partial charge in [-0.3, -0.25) is 9.36 Å². The molecule has 2 fully saturated rings. The lowest BCUT2D eigenvalue weighted by molar-refractivity contribution is -0.160. The van der Waals surface area contributed by atoms with Gasteiger partial charge in [0.25, 0.3) is 0 Å². The van der Waals surface area contributed by atoms with Crippen LogP contribution in [0, 0.1) is 0 Å². The van der Waals surface area contributed by atoms with Gasteiger partial charge in [0.1, 0.15) is 0 Å². The minimum absolute atomic E-state index is 0.130. The van der Waals surface area contributed by atoms with Gasteiger partial charge in [-0.25, -0.2) is 0 Å². The molecule has 0 spiro atoms. The highest BCUT2D eigenvalue weighted by Gasteiger charge is 2.77. The third-order valence-corrected chi connectivity index (χ3v) is 6.44. The first kappa shape index (κ1) is 13.2. The Hall–Kier alpha value is -0.220. The molecule has 0 saturated heterocycles. The molecule has 2 aliphatic carbocycles. The van der Waals surface area contributed by atoms with Crippen LogP contribution in [0.5, 0.6) is 0 Å². The van der Waals surface area contributed by atoms with E-state index < -0.39 is 18.4 Å². The zero-order valence-electron chi connectivity index (χ0n) is 10.3. The van der Waals surface area contributed by atoms with Gasteiger partial charge in [0.05, 0.1) is 12.2 Å². The molecule has 0 aromatic carbocycles. The van der Waals surface area contributed by atoms with Crippen molar-refractivity contribution in [1.82, 2.24) is 0 Å². The molecule has 3 unspecified atom stereocenters. The molecule has 0 aromatic rings. The maximum Gasteiger partial charge on any atom is 0.344 e. The molecule has 0 amide bonds. The summed E-state index contributed by atoms with van der Waals surface area (Å²) in [4.78, 5) is 22.0. The topological polar surface area (TPSA) is 72.8 Å². The maximum atomic E-state index is 12.3. The van der Waals surface area contributed by atoms with E-state index in [2.05, 4.69) is 0 Å². The Morgan fingerprint density at radius 3 is 2.59 bits per heavy atom. The molecule has 0 heterocycles. The fraction of sp³-hybridized carbons (Fsp3) is 0.909. The molecule has 2 rings (SSSR count). The molecule has 98 valence electrons. The van der Waals surface area contributed by atoms with Crippen LogP contribution in [0.4, 0.5) is 0 Å². The third kappa shape index (κ3) is 1.49. The number of hydrogen-bond donors (Lipinski definition) is 1. The van der Waals surface area contributed by atoms with Crippen LogP contribution in [0.2, 0.25) is 0 Å². The summed E-state index contributed by atoms with van der Waals surface area (Å²) >= 11 is 0. The van der Waals surface area contributed by atoms with E-state index in [1.807, 2.05) is 6.92 Å². The fourth-order valence-electron chi connectivity index (χ4n) is 3.35. The van der Waals surface area contributed by atoms with E-state index in [4.69, 9.17) is 9.26 Å². The van der Waals surface area contributed by atoms with Gasteiger partial charge in [0, 0.05) is 13.0 Å². The van der Waals surface area contributed by atoms with Gasteiger partial charge < -0.3 is 14.2 Å². The number of carbonyl (C=O) groups is 1. The Balaban J connectivity index is 2.39. The molecule has 2 saturated carbocycles. The fourth-order valence-corrected chi connectivity index (χ4v) is 5.53. The largest absolute Gasteiger partial charge is 0.373 e. The molecule has 2 aliphatic rings.